The Morgan fingerprint density at radius 3 is 2.00 bits per heavy atom. The van der Waals surface area contributed by atoms with E-state index in [0.717, 1.165) is 0 Å². The maximum Gasteiger partial charge on any atom is 0.514 e. The van der Waals surface area contributed by atoms with Gasteiger partial charge in [0.05, 0.1) is 0 Å². The molecule has 0 saturated carbocycles. The van der Waals surface area contributed by atoms with Gasteiger partial charge >= 0.3 is 12.3 Å². The largest absolute Gasteiger partial charge is 0.514 e. The van der Waals surface area contributed by atoms with Crippen LogP contribution in [-0.4, -0.2) is 23.0 Å². The van der Waals surface area contributed by atoms with E-state index in [1.165, 1.54) is 12.1 Å². The zero-order valence-electron chi connectivity index (χ0n) is 10.3. The molecule has 0 amide bonds. The lowest BCUT2D eigenvalue weighted by atomic mass is 10.2. The fraction of sp³-hybridized carbons (Fsp3) is 0.333. The quantitative estimate of drug-likeness (QED) is 0.645. The highest BCUT2D eigenvalue weighted by Crippen LogP contribution is 2.27. The Morgan fingerprint density at radius 1 is 1.06 bits per heavy atom. The summed E-state index contributed by atoms with van der Waals surface area (Å²) in [5.41, 5.74) is -0.695. The molecular formula is C12H14O6. The van der Waals surface area contributed by atoms with E-state index < -0.39 is 17.9 Å². The van der Waals surface area contributed by atoms with Crippen molar-refractivity contribution in [2.45, 2.75) is 26.4 Å². The van der Waals surface area contributed by atoms with E-state index >= 15 is 0 Å². The molecule has 0 aliphatic heterocycles. The van der Waals surface area contributed by atoms with Crippen LogP contribution in [0.15, 0.2) is 24.3 Å². The van der Waals surface area contributed by atoms with Gasteiger partial charge in [-0.2, -0.15) is 0 Å². The van der Waals surface area contributed by atoms with E-state index in [2.05, 4.69) is 4.74 Å². The Balaban J connectivity index is 2.78. The number of rotatable bonds is 2. The third-order valence-electron chi connectivity index (χ3n) is 1.63. The molecule has 1 N–H and O–H groups in total. The van der Waals surface area contributed by atoms with E-state index in [1.807, 2.05) is 0 Å². The summed E-state index contributed by atoms with van der Waals surface area (Å²) >= 11 is 0. The molecule has 0 spiro atoms. The standard InChI is InChI=1S/C12H14O6/c1-12(2,3)18-11(15)17-9-7-5-4-6-8(9)16-10(13)14/h4-7H,1-3H3,(H,13,14). The third kappa shape index (κ3) is 4.73. The lowest BCUT2D eigenvalue weighted by Crippen LogP contribution is -2.26. The summed E-state index contributed by atoms with van der Waals surface area (Å²) < 4.78 is 14.3. The highest BCUT2D eigenvalue weighted by Gasteiger charge is 2.20. The van der Waals surface area contributed by atoms with Crippen molar-refractivity contribution in [2.24, 2.45) is 0 Å². The molecule has 0 atom stereocenters. The summed E-state index contributed by atoms with van der Waals surface area (Å²) in [5, 5.41) is 8.52. The van der Waals surface area contributed by atoms with E-state index in [1.54, 1.807) is 32.9 Å². The smallest absolute Gasteiger partial charge is 0.449 e. The second-order valence-electron chi connectivity index (χ2n) is 4.38. The summed E-state index contributed by atoms with van der Waals surface area (Å²) in [6.07, 6.45) is -2.42. The van der Waals surface area contributed by atoms with Gasteiger partial charge < -0.3 is 19.3 Å². The van der Waals surface area contributed by atoms with E-state index in [9.17, 15) is 9.59 Å². The van der Waals surface area contributed by atoms with Gasteiger partial charge in [0, 0.05) is 0 Å². The monoisotopic (exact) mass is 254 g/mol. The van der Waals surface area contributed by atoms with Crippen molar-refractivity contribution >= 4 is 12.3 Å². The number of hydrogen-bond acceptors (Lipinski definition) is 5. The average Bonchev–Trinajstić information content (AvgIpc) is 2.17. The number of carbonyl (C=O) groups is 2. The number of benzene rings is 1. The van der Waals surface area contributed by atoms with Crippen LogP contribution in [0.1, 0.15) is 20.8 Å². The molecule has 1 aromatic carbocycles. The minimum atomic E-state index is -1.49. The maximum atomic E-state index is 11.4. The van der Waals surface area contributed by atoms with Gasteiger partial charge in [0.1, 0.15) is 5.60 Å². The zero-order chi connectivity index (χ0) is 13.8. The van der Waals surface area contributed by atoms with E-state index in [4.69, 9.17) is 14.6 Å². The van der Waals surface area contributed by atoms with Gasteiger partial charge in [0.15, 0.2) is 11.5 Å². The fourth-order valence-electron chi connectivity index (χ4n) is 1.07. The van der Waals surface area contributed by atoms with Crippen LogP contribution < -0.4 is 9.47 Å². The maximum absolute atomic E-state index is 11.4. The van der Waals surface area contributed by atoms with Crippen LogP contribution in [0.3, 0.4) is 0 Å². The Kier molecular flexibility index (Phi) is 4.14. The van der Waals surface area contributed by atoms with Gasteiger partial charge in [0.25, 0.3) is 0 Å². The number of carbonyl (C=O) groups excluding carboxylic acids is 1. The van der Waals surface area contributed by atoms with Crippen LogP contribution in [0.2, 0.25) is 0 Å². The van der Waals surface area contributed by atoms with Crippen molar-refractivity contribution in [2.75, 3.05) is 0 Å². The molecule has 0 aliphatic carbocycles. The molecule has 6 heteroatoms. The van der Waals surface area contributed by atoms with Crippen molar-refractivity contribution in [3.05, 3.63) is 24.3 Å². The van der Waals surface area contributed by atoms with Gasteiger partial charge in [-0.05, 0) is 32.9 Å². The topological polar surface area (TPSA) is 82.1 Å². The molecule has 98 valence electrons. The SMILES string of the molecule is CC(C)(C)OC(=O)Oc1ccccc1OC(=O)O. The van der Waals surface area contributed by atoms with Crippen molar-refractivity contribution in [3.63, 3.8) is 0 Å². The molecule has 1 aromatic rings. The first-order valence-corrected chi connectivity index (χ1v) is 5.18. The van der Waals surface area contributed by atoms with Crippen molar-refractivity contribution in [3.8, 4) is 11.5 Å². The lowest BCUT2D eigenvalue weighted by molar-refractivity contribution is 0.0199. The Labute approximate surface area is 104 Å². The first kappa shape index (κ1) is 13.8. The molecule has 0 aromatic heterocycles. The zero-order valence-corrected chi connectivity index (χ0v) is 10.3. The number of para-hydroxylation sites is 2. The van der Waals surface area contributed by atoms with Crippen LogP contribution in [-0.2, 0) is 4.74 Å². The molecule has 0 heterocycles. The first-order chi connectivity index (χ1) is 8.28. The third-order valence-corrected chi connectivity index (χ3v) is 1.63. The summed E-state index contributed by atoms with van der Waals surface area (Å²) in [6, 6.07) is 5.91. The van der Waals surface area contributed by atoms with Gasteiger partial charge in [-0.15, -0.1) is 0 Å². The van der Waals surface area contributed by atoms with Crippen LogP contribution in [0.25, 0.3) is 0 Å². The Bertz CT molecular complexity index is 446. The number of hydrogen-bond donors (Lipinski definition) is 1. The predicted molar refractivity (Wildman–Crippen MR) is 62.0 cm³/mol. The molecule has 1 rings (SSSR count). The average molecular weight is 254 g/mol. The van der Waals surface area contributed by atoms with Crippen molar-refractivity contribution in [1.82, 2.24) is 0 Å². The summed E-state index contributed by atoms with van der Waals surface area (Å²) in [7, 11) is 0. The normalized spacial score (nSPS) is 10.6. The Morgan fingerprint density at radius 2 is 1.56 bits per heavy atom. The second kappa shape index (κ2) is 5.39. The first-order valence-electron chi connectivity index (χ1n) is 5.18. The number of carboxylic acid groups (broad SMARTS) is 1. The summed E-state index contributed by atoms with van der Waals surface area (Å²) in [5.74, 6) is -0.0926. The molecule has 6 nitrogen and oxygen atoms in total. The lowest BCUT2D eigenvalue weighted by Gasteiger charge is -2.19. The van der Waals surface area contributed by atoms with Gasteiger partial charge in [-0.1, -0.05) is 12.1 Å². The van der Waals surface area contributed by atoms with Gasteiger partial charge in [0.2, 0.25) is 0 Å². The van der Waals surface area contributed by atoms with Crippen LogP contribution in [0.5, 0.6) is 11.5 Å². The predicted octanol–water partition coefficient (Wildman–Crippen LogP) is 3.06. The molecule has 0 bridgehead atoms. The minimum Gasteiger partial charge on any atom is -0.449 e. The van der Waals surface area contributed by atoms with Crippen molar-refractivity contribution < 1.29 is 28.9 Å². The van der Waals surface area contributed by atoms with Gasteiger partial charge in [-0.3, -0.25) is 0 Å². The van der Waals surface area contributed by atoms with E-state index in [-0.39, 0.29) is 11.5 Å². The molecular weight excluding hydrogens is 240 g/mol. The summed E-state index contributed by atoms with van der Waals surface area (Å²) in [6.45, 7) is 5.07. The summed E-state index contributed by atoms with van der Waals surface area (Å²) in [4.78, 5) is 21.9. The Hall–Kier alpha value is -2.24. The molecule has 0 aliphatic rings. The molecule has 0 saturated heterocycles. The van der Waals surface area contributed by atoms with Gasteiger partial charge in [-0.25, -0.2) is 9.59 Å². The minimum absolute atomic E-state index is 0.0193. The van der Waals surface area contributed by atoms with Crippen LogP contribution in [0, 0.1) is 0 Å². The number of ether oxygens (including phenoxy) is 3. The molecule has 0 radical (unpaired) electrons. The second-order valence-corrected chi connectivity index (χ2v) is 4.38. The highest BCUT2D eigenvalue weighted by atomic mass is 16.7. The molecule has 0 unspecified atom stereocenters. The molecule has 0 fully saturated rings. The highest BCUT2D eigenvalue weighted by molar-refractivity contribution is 5.68. The van der Waals surface area contributed by atoms with Crippen LogP contribution in [0.4, 0.5) is 9.59 Å². The molecule has 18 heavy (non-hydrogen) atoms. The van der Waals surface area contributed by atoms with E-state index in [0.29, 0.717) is 0 Å². The fourth-order valence-corrected chi connectivity index (χ4v) is 1.07. The van der Waals surface area contributed by atoms with Crippen molar-refractivity contribution in [1.29, 1.82) is 0 Å². The van der Waals surface area contributed by atoms with Crippen LogP contribution >= 0.6 is 0 Å².